The fourth-order valence-corrected chi connectivity index (χ4v) is 2.42. The van der Waals surface area contributed by atoms with Gasteiger partial charge in [-0.25, -0.2) is 0 Å². The van der Waals surface area contributed by atoms with Crippen molar-refractivity contribution in [3.63, 3.8) is 0 Å². The van der Waals surface area contributed by atoms with E-state index in [1.54, 1.807) is 12.4 Å². The molecule has 0 saturated carbocycles. The van der Waals surface area contributed by atoms with Crippen molar-refractivity contribution in [1.82, 2.24) is 4.98 Å². The molecule has 3 nitrogen and oxygen atoms in total. The number of pyridine rings is 1. The number of hydrogen-bond donors (Lipinski definition) is 1. The van der Waals surface area contributed by atoms with E-state index in [-0.39, 0.29) is 0 Å². The predicted octanol–water partition coefficient (Wildman–Crippen LogP) is 4.41. The van der Waals surface area contributed by atoms with Gasteiger partial charge in [-0.15, -0.1) is 0 Å². The molecule has 0 fully saturated rings. The van der Waals surface area contributed by atoms with E-state index >= 15 is 0 Å². The number of nitrogens with zero attached hydrogens (tertiary/aromatic N) is 1. The zero-order valence-corrected chi connectivity index (χ0v) is 12.4. The fourth-order valence-electron chi connectivity index (χ4n) is 2.42. The second-order valence-electron chi connectivity index (χ2n) is 5.30. The fraction of sp³-hybridized carbons (Fsp3) is 0.471. The number of benzene rings is 1. The molecule has 0 spiro atoms. The van der Waals surface area contributed by atoms with Crippen LogP contribution in [0.5, 0.6) is 5.75 Å². The summed E-state index contributed by atoms with van der Waals surface area (Å²) in [4.78, 5) is 4.13. The van der Waals surface area contributed by atoms with Gasteiger partial charge in [-0.3, -0.25) is 4.98 Å². The molecule has 2 aromatic rings. The smallest absolute Gasteiger partial charge is 0.127 e. The summed E-state index contributed by atoms with van der Waals surface area (Å²) in [5, 5.41) is 2.01. The largest absolute Gasteiger partial charge is 0.493 e. The summed E-state index contributed by atoms with van der Waals surface area (Å²) in [5.41, 5.74) is 6.73. The molecule has 0 radical (unpaired) electrons. The van der Waals surface area contributed by atoms with Crippen molar-refractivity contribution >= 4 is 16.5 Å². The average molecular weight is 272 g/mol. The maximum Gasteiger partial charge on any atom is 0.127 e. The molecule has 1 unspecified atom stereocenters. The van der Waals surface area contributed by atoms with Gasteiger partial charge in [-0.2, -0.15) is 0 Å². The van der Waals surface area contributed by atoms with Crippen LogP contribution in [0.4, 0.5) is 5.69 Å². The maximum absolute atomic E-state index is 6.04. The van der Waals surface area contributed by atoms with E-state index < -0.39 is 0 Å². The SMILES string of the molecule is CCCCC(CC)COc1ccc(N)c2cnccc12. The van der Waals surface area contributed by atoms with Crippen LogP contribution >= 0.6 is 0 Å². The molecule has 0 saturated heterocycles. The van der Waals surface area contributed by atoms with Crippen molar-refractivity contribution in [2.24, 2.45) is 5.92 Å². The highest BCUT2D eigenvalue weighted by atomic mass is 16.5. The number of nitrogen functional groups attached to an aromatic ring is 1. The van der Waals surface area contributed by atoms with Crippen molar-refractivity contribution in [3.05, 3.63) is 30.6 Å². The molecule has 1 aromatic carbocycles. The molecule has 3 heteroatoms. The van der Waals surface area contributed by atoms with Crippen molar-refractivity contribution in [3.8, 4) is 5.75 Å². The number of nitrogens with two attached hydrogens (primary N) is 1. The van der Waals surface area contributed by atoms with Gasteiger partial charge in [0.05, 0.1) is 6.61 Å². The summed E-state index contributed by atoms with van der Waals surface area (Å²) in [6.07, 6.45) is 8.49. The van der Waals surface area contributed by atoms with Crippen LogP contribution in [0.2, 0.25) is 0 Å². The van der Waals surface area contributed by atoms with E-state index in [1.165, 1.54) is 19.3 Å². The minimum atomic E-state index is 0.629. The Morgan fingerprint density at radius 3 is 2.80 bits per heavy atom. The van der Waals surface area contributed by atoms with Gasteiger partial charge in [0, 0.05) is 28.9 Å². The third kappa shape index (κ3) is 3.41. The van der Waals surface area contributed by atoms with Crippen LogP contribution < -0.4 is 10.5 Å². The normalized spacial score (nSPS) is 12.5. The van der Waals surface area contributed by atoms with E-state index in [0.29, 0.717) is 5.92 Å². The number of fused-ring (bicyclic) bond motifs is 1. The van der Waals surface area contributed by atoms with Gasteiger partial charge in [-0.1, -0.05) is 33.1 Å². The lowest BCUT2D eigenvalue weighted by atomic mass is 10.0. The van der Waals surface area contributed by atoms with Crippen molar-refractivity contribution in [2.75, 3.05) is 12.3 Å². The Hall–Kier alpha value is -1.77. The molecule has 1 atom stereocenters. The molecule has 1 heterocycles. The Morgan fingerprint density at radius 2 is 2.05 bits per heavy atom. The predicted molar refractivity (Wildman–Crippen MR) is 85.0 cm³/mol. The van der Waals surface area contributed by atoms with Gasteiger partial charge in [0.25, 0.3) is 0 Å². The molecule has 20 heavy (non-hydrogen) atoms. The first-order valence-corrected chi connectivity index (χ1v) is 7.51. The van der Waals surface area contributed by atoms with Gasteiger partial charge < -0.3 is 10.5 Å². The average Bonchev–Trinajstić information content (AvgIpc) is 2.49. The number of rotatable bonds is 7. The minimum Gasteiger partial charge on any atom is -0.493 e. The molecule has 0 amide bonds. The molecule has 108 valence electrons. The molecule has 0 bridgehead atoms. The number of hydrogen-bond acceptors (Lipinski definition) is 3. The zero-order chi connectivity index (χ0) is 14.4. The number of unbranched alkanes of at least 4 members (excludes halogenated alkanes) is 1. The Kier molecular flexibility index (Phi) is 5.22. The summed E-state index contributed by atoms with van der Waals surface area (Å²) >= 11 is 0. The van der Waals surface area contributed by atoms with E-state index in [9.17, 15) is 0 Å². The number of anilines is 1. The Bertz CT molecular complexity index is 554. The highest BCUT2D eigenvalue weighted by Gasteiger charge is 2.09. The van der Waals surface area contributed by atoms with Crippen LogP contribution in [0.15, 0.2) is 30.6 Å². The minimum absolute atomic E-state index is 0.629. The molecular weight excluding hydrogens is 248 g/mol. The van der Waals surface area contributed by atoms with Gasteiger partial charge in [-0.05, 0) is 30.5 Å². The van der Waals surface area contributed by atoms with Crippen LogP contribution in [0.1, 0.15) is 39.5 Å². The zero-order valence-electron chi connectivity index (χ0n) is 12.4. The van der Waals surface area contributed by atoms with Crippen LogP contribution in [0.25, 0.3) is 10.8 Å². The van der Waals surface area contributed by atoms with Gasteiger partial charge in [0.2, 0.25) is 0 Å². The third-order valence-corrected chi connectivity index (χ3v) is 3.83. The van der Waals surface area contributed by atoms with E-state index in [0.717, 1.165) is 35.2 Å². The highest BCUT2D eigenvalue weighted by molar-refractivity contribution is 5.96. The Balaban J connectivity index is 2.11. The Morgan fingerprint density at radius 1 is 1.20 bits per heavy atom. The number of ether oxygens (including phenoxy) is 1. The quantitative estimate of drug-likeness (QED) is 0.759. The van der Waals surface area contributed by atoms with Crippen molar-refractivity contribution in [2.45, 2.75) is 39.5 Å². The van der Waals surface area contributed by atoms with Gasteiger partial charge in [0.15, 0.2) is 0 Å². The molecule has 2 rings (SSSR count). The van der Waals surface area contributed by atoms with E-state index in [4.69, 9.17) is 10.5 Å². The molecular formula is C17H24N2O. The Labute approximate surface area is 121 Å². The molecule has 1 aromatic heterocycles. The summed E-state index contributed by atoms with van der Waals surface area (Å²) in [7, 11) is 0. The van der Waals surface area contributed by atoms with Crippen LogP contribution in [0.3, 0.4) is 0 Å². The van der Waals surface area contributed by atoms with Crippen LogP contribution in [-0.2, 0) is 0 Å². The second kappa shape index (κ2) is 7.13. The third-order valence-electron chi connectivity index (χ3n) is 3.83. The first-order valence-electron chi connectivity index (χ1n) is 7.51. The monoisotopic (exact) mass is 272 g/mol. The van der Waals surface area contributed by atoms with Crippen molar-refractivity contribution in [1.29, 1.82) is 0 Å². The summed E-state index contributed by atoms with van der Waals surface area (Å²) in [5.74, 6) is 1.54. The van der Waals surface area contributed by atoms with Gasteiger partial charge in [0.1, 0.15) is 5.75 Å². The first-order chi connectivity index (χ1) is 9.76. The maximum atomic E-state index is 6.04. The summed E-state index contributed by atoms with van der Waals surface area (Å²) in [6, 6.07) is 5.82. The molecule has 2 N–H and O–H groups in total. The molecule has 0 aliphatic rings. The van der Waals surface area contributed by atoms with Crippen LogP contribution in [0, 0.1) is 5.92 Å². The topological polar surface area (TPSA) is 48.1 Å². The van der Waals surface area contributed by atoms with E-state index in [1.807, 2.05) is 18.2 Å². The second-order valence-corrected chi connectivity index (χ2v) is 5.30. The molecule has 0 aliphatic heterocycles. The summed E-state index contributed by atoms with van der Waals surface area (Å²) in [6.45, 7) is 5.24. The lowest BCUT2D eigenvalue weighted by Gasteiger charge is -2.17. The lowest BCUT2D eigenvalue weighted by molar-refractivity contribution is 0.235. The van der Waals surface area contributed by atoms with Crippen LogP contribution in [-0.4, -0.2) is 11.6 Å². The summed E-state index contributed by atoms with van der Waals surface area (Å²) < 4.78 is 6.04. The van der Waals surface area contributed by atoms with E-state index in [2.05, 4.69) is 18.8 Å². The van der Waals surface area contributed by atoms with Crippen molar-refractivity contribution < 1.29 is 4.74 Å². The standard InChI is InChI=1S/C17H24N2O/c1-3-5-6-13(4-2)12-20-17-8-7-16(18)15-11-19-10-9-14(15)17/h7-11,13H,3-6,12,18H2,1-2H3. The highest BCUT2D eigenvalue weighted by Crippen LogP contribution is 2.30. The van der Waals surface area contributed by atoms with Gasteiger partial charge >= 0.3 is 0 Å². The molecule has 0 aliphatic carbocycles. The lowest BCUT2D eigenvalue weighted by Crippen LogP contribution is -2.11. The first kappa shape index (κ1) is 14.6. The number of aromatic nitrogens is 1.